The van der Waals surface area contributed by atoms with Crippen LogP contribution in [0.1, 0.15) is 20.7 Å². The average molecular weight is 464 g/mol. The maximum Gasteiger partial charge on any atom is 0.337 e. The van der Waals surface area contributed by atoms with Crippen LogP contribution in [-0.2, 0) is 9.53 Å². The van der Waals surface area contributed by atoms with Gasteiger partial charge in [-0.25, -0.2) is 4.79 Å². The van der Waals surface area contributed by atoms with Crippen LogP contribution in [0.4, 0.5) is 11.4 Å². The molecule has 34 heavy (non-hydrogen) atoms. The Hall–Kier alpha value is -4.53. The molecular weight excluding hydrogens is 440 g/mol. The summed E-state index contributed by atoms with van der Waals surface area (Å²) in [6.07, 6.45) is 0. The van der Waals surface area contributed by atoms with Crippen molar-refractivity contribution in [1.29, 1.82) is 0 Å². The molecule has 0 fully saturated rings. The Bertz CT molecular complexity index is 1180. The zero-order valence-corrected chi connectivity index (χ0v) is 18.9. The van der Waals surface area contributed by atoms with Gasteiger partial charge in [0.15, 0.2) is 18.1 Å². The molecule has 3 rings (SSSR count). The van der Waals surface area contributed by atoms with Crippen molar-refractivity contribution >= 4 is 29.2 Å². The lowest BCUT2D eigenvalue weighted by Gasteiger charge is -2.12. The second-order valence-electron chi connectivity index (χ2n) is 6.93. The smallest absolute Gasteiger partial charge is 0.337 e. The third kappa shape index (κ3) is 6.04. The van der Waals surface area contributed by atoms with Gasteiger partial charge in [-0.1, -0.05) is 12.1 Å². The predicted molar refractivity (Wildman–Crippen MR) is 126 cm³/mol. The van der Waals surface area contributed by atoms with Gasteiger partial charge in [0.1, 0.15) is 5.75 Å². The fraction of sp³-hybridized carbons (Fsp3) is 0.160. The second-order valence-corrected chi connectivity index (χ2v) is 6.93. The lowest BCUT2D eigenvalue weighted by Crippen LogP contribution is -2.20. The second kappa shape index (κ2) is 11.4. The van der Waals surface area contributed by atoms with Crippen molar-refractivity contribution in [3.8, 4) is 17.2 Å². The molecule has 2 amide bonds. The number of nitrogens with one attached hydrogen (secondary N) is 2. The summed E-state index contributed by atoms with van der Waals surface area (Å²) in [7, 11) is 4.23. The highest BCUT2D eigenvalue weighted by Gasteiger charge is 2.13. The number of carbonyl (C=O) groups excluding carboxylic acids is 3. The van der Waals surface area contributed by atoms with E-state index in [9.17, 15) is 14.4 Å². The number of hydrogen-bond acceptors (Lipinski definition) is 7. The van der Waals surface area contributed by atoms with Crippen LogP contribution in [-0.4, -0.2) is 45.7 Å². The van der Waals surface area contributed by atoms with Gasteiger partial charge < -0.3 is 29.6 Å². The summed E-state index contributed by atoms with van der Waals surface area (Å²) in [4.78, 5) is 36.4. The molecule has 0 bridgehead atoms. The number of ether oxygens (including phenoxy) is 4. The van der Waals surface area contributed by atoms with Crippen molar-refractivity contribution in [2.24, 2.45) is 0 Å². The first-order chi connectivity index (χ1) is 16.4. The minimum Gasteiger partial charge on any atom is -0.495 e. The minimum absolute atomic E-state index is 0.288. The Morgan fingerprint density at radius 1 is 0.735 bits per heavy atom. The molecule has 0 atom stereocenters. The summed E-state index contributed by atoms with van der Waals surface area (Å²) < 4.78 is 20.6. The highest BCUT2D eigenvalue weighted by molar-refractivity contribution is 6.05. The van der Waals surface area contributed by atoms with Crippen molar-refractivity contribution in [2.45, 2.75) is 0 Å². The van der Waals surface area contributed by atoms with Crippen molar-refractivity contribution in [1.82, 2.24) is 0 Å². The van der Waals surface area contributed by atoms with E-state index in [-0.39, 0.29) is 12.5 Å². The quantitative estimate of drug-likeness (QED) is 0.464. The van der Waals surface area contributed by atoms with E-state index in [1.165, 1.54) is 39.5 Å². The molecule has 0 saturated carbocycles. The number of anilines is 2. The molecule has 0 unspecified atom stereocenters. The number of methoxy groups -OCH3 is 3. The first-order valence-electron chi connectivity index (χ1n) is 10.2. The van der Waals surface area contributed by atoms with Gasteiger partial charge in [0.05, 0.1) is 32.6 Å². The SMILES string of the molecule is COC(=O)c1ccc(OCC(=O)Nc2ccc(C(=O)Nc3ccccc3OC)cc2)c(OC)c1. The van der Waals surface area contributed by atoms with Gasteiger partial charge in [0.25, 0.3) is 11.8 Å². The van der Waals surface area contributed by atoms with E-state index in [1.54, 1.807) is 42.5 Å². The fourth-order valence-corrected chi connectivity index (χ4v) is 3.02. The molecule has 0 saturated heterocycles. The highest BCUT2D eigenvalue weighted by Crippen LogP contribution is 2.28. The van der Waals surface area contributed by atoms with Gasteiger partial charge >= 0.3 is 5.97 Å². The molecule has 0 aliphatic heterocycles. The summed E-state index contributed by atoms with van der Waals surface area (Å²) in [5.74, 6) is -0.0905. The van der Waals surface area contributed by atoms with Crippen LogP contribution in [0.2, 0.25) is 0 Å². The van der Waals surface area contributed by atoms with Crippen LogP contribution >= 0.6 is 0 Å². The van der Waals surface area contributed by atoms with Crippen molar-refractivity contribution in [3.05, 3.63) is 77.9 Å². The molecule has 9 nitrogen and oxygen atoms in total. The van der Waals surface area contributed by atoms with E-state index < -0.39 is 11.9 Å². The molecule has 0 aliphatic carbocycles. The minimum atomic E-state index is -0.511. The molecule has 0 heterocycles. The van der Waals surface area contributed by atoms with Crippen LogP contribution in [0.15, 0.2) is 66.7 Å². The monoisotopic (exact) mass is 464 g/mol. The van der Waals surface area contributed by atoms with Gasteiger partial charge in [-0.3, -0.25) is 9.59 Å². The summed E-state index contributed by atoms with van der Waals surface area (Å²) in [6, 6.07) is 18.0. The number of rotatable bonds is 9. The van der Waals surface area contributed by atoms with Crippen LogP contribution in [0.5, 0.6) is 17.2 Å². The normalized spacial score (nSPS) is 10.1. The van der Waals surface area contributed by atoms with Gasteiger partial charge in [-0.15, -0.1) is 0 Å². The molecule has 3 aromatic rings. The number of hydrogen-bond donors (Lipinski definition) is 2. The molecule has 0 aromatic heterocycles. The lowest BCUT2D eigenvalue weighted by atomic mass is 10.2. The average Bonchev–Trinajstić information content (AvgIpc) is 2.87. The van der Waals surface area contributed by atoms with E-state index in [2.05, 4.69) is 15.4 Å². The van der Waals surface area contributed by atoms with Crippen molar-refractivity contribution in [2.75, 3.05) is 38.6 Å². The third-order valence-corrected chi connectivity index (χ3v) is 4.73. The molecule has 2 N–H and O–H groups in total. The summed E-state index contributed by atoms with van der Waals surface area (Å²) in [5, 5.41) is 5.48. The number of para-hydroxylation sites is 2. The number of esters is 1. The molecular formula is C25H24N2O7. The van der Waals surface area contributed by atoms with Crippen LogP contribution in [0.25, 0.3) is 0 Å². The molecule has 9 heteroatoms. The highest BCUT2D eigenvalue weighted by atomic mass is 16.5. The standard InChI is InChI=1S/C25H24N2O7/c1-31-20-7-5-4-6-19(20)27-24(29)16-8-11-18(12-9-16)26-23(28)15-34-21-13-10-17(25(30)33-3)14-22(21)32-2/h4-14H,15H2,1-3H3,(H,26,28)(H,27,29). The molecule has 3 aromatic carbocycles. The first-order valence-corrected chi connectivity index (χ1v) is 10.2. The van der Waals surface area contributed by atoms with E-state index in [1.807, 2.05) is 6.07 Å². The Morgan fingerprint density at radius 2 is 1.41 bits per heavy atom. The fourth-order valence-electron chi connectivity index (χ4n) is 3.02. The molecule has 0 spiro atoms. The van der Waals surface area contributed by atoms with Gasteiger partial charge in [-0.05, 0) is 54.6 Å². The lowest BCUT2D eigenvalue weighted by molar-refractivity contribution is -0.118. The van der Waals surface area contributed by atoms with E-state index in [0.717, 1.165) is 0 Å². The zero-order chi connectivity index (χ0) is 24.5. The molecule has 0 aliphatic rings. The number of carbonyl (C=O) groups is 3. The Labute approximate surface area is 196 Å². The van der Waals surface area contributed by atoms with Gasteiger partial charge in [-0.2, -0.15) is 0 Å². The Balaban J connectivity index is 1.57. The topological polar surface area (TPSA) is 112 Å². The van der Waals surface area contributed by atoms with E-state index in [4.69, 9.17) is 14.2 Å². The van der Waals surface area contributed by atoms with E-state index >= 15 is 0 Å². The number of benzene rings is 3. The Kier molecular flexibility index (Phi) is 8.07. The summed E-state index contributed by atoms with van der Waals surface area (Å²) >= 11 is 0. The predicted octanol–water partition coefficient (Wildman–Crippen LogP) is 3.76. The van der Waals surface area contributed by atoms with Gasteiger partial charge in [0.2, 0.25) is 0 Å². The van der Waals surface area contributed by atoms with Crippen LogP contribution in [0.3, 0.4) is 0 Å². The first kappa shape index (κ1) is 24.1. The van der Waals surface area contributed by atoms with Crippen molar-refractivity contribution in [3.63, 3.8) is 0 Å². The maximum absolute atomic E-state index is 12.5. The Morgan fingerprint density at radius 3 is 2.09 bits per heavy atom. The van der Waals surface area contributed by atoms with Gasteiger partial charge in [0, 0.05) is 11.3 Å². The van der Waals surface area contributed by atoms with Crippen LogP contribution in [0, 0.1) is 0 Å². The zero-order valence-electron chi connectivity index (χ0n) is 18.9. The summed E-state index contributed by atoms with van der Waals surface area (Å²) in [6.45, 7) is -0.288. The molecule has 0 radical (unpaired) electrons. The van der Waals surface area contributed by atoms with Crippen molar-refractivity contribution < 1.29 is 33.3 Å². The summed E-state index contributed by atoms with van der Waals surface area (Å²) in [5.41, 5.74) is 1.76. The maximum atomic E-state index is 12.5. The van der Waals surface area contributed by atoms with E-state index in [0.29, 0.717) is 39.8 Å². The third-order valence-electron chi connectivity index (χ3n) is 4.73. The van der Waals surface area contributed by atoms with Crippen LogP contribution < -0.4 is 24.8 Å². The number of amides is 2. The largest absolute Gasteiger partial charge is 0.495 e. The molecule has 176 valence electrons.